The average molecular weight is 456 g/mol. The van der Waals surface area contributed by atoms with Gasteiger partial charge in [-0.25, -0.2) is 0 Å². The van der Waals surface area contributed by atoms with Crippen molar-refractivity contribution in [3.63, 3.8) is 0 Å². The van der Waals surface area contributed by atoms with E-state index in [1.54, 1.807) is 24.3 Å². The maximum Gasteiger partial charge on any atom is 0.280 e. The Morgan fingerprint density at radius 1 is 1.16 bits per heavy atom. The molecule has 1 heterocycles. The molecule has 1 aliphatic heterocycles. The second kappa shape index (κ2) is 10.5. The zero-order valence-electron chi connectivity index (χ0n) is 18.3. The molecule has 0 radical (unpaired) electrons. The SMILES string of the molecule is CC(C)C[C@H](NC(=O)[C@H](Cc1ccccc1)NS(=O)(=O)N1CC[N+](C)([O-])CC1)C(N)=O. The number of piperazine rings is 1. The Bertz CT molecular complexity index is 850. The molecule has 0 bridgehead atoms. The molecule has 4 N–H and O–H groups in total. The zero-order chi connectivity index (χ0) is 23.2. The standard InChI is InChI=1S/C20H33N5O5S/c1-15(2)13-17(19(21)26)22-20(27)18(14-16-7-5-4-6-8-16)23-31(29,30)24-9-11-25(3,28)12-10-24/h4-8,15,17-18,23H,9-14H2,1-3H3,(H2,21,26)(H,22,27)/t17-,18-/m0/s1. The Morgan fingerprint density at radius 3 is 2.26 bits per heavy atom. The van der Waals surface area contributed by atoms with E-state index in [4.69, 9.17) is 5.73 Å². The number of nitrogens with one attached hydrogen (secondary N) is 2. The largest absolute Gasteiger partial charge is 0.633 e. The number of rotatable bonds is 10. The molecular weight excluding hydrogens is 422 g/mol. The van der Waals surface area contributed by atoms with Crippen molar-refractivity contribution in [2.45, 2.75) is 38.8 Å². The van der Waals surface area contributed by atoms with Gasteiger partial charge in [-0.05, 0) is 24.3 Å². The van der Waals surface area contributed by atoms with Crippen LogP contribution in [0, 0.1) is 11.1 Å². The Kier molecular flexibility index (Phi) is 8.55. The third-order valence-corrected chi connectivity index (χ3v) is 6.87. The molecule has 10 nitrogen and oxygen atoms in total. The fraction of sp³-hybridized carbons (Fsp3) is 0.600. The first-order chi connectivity index (χ1) is 14.4. The summed E-state index contributed by atoms with van der Waals surface area (Å²) in [6, 6.07) is 6.94. The number of benzene rings is 1. The highest BCUT2D eigenvalue weighted by atomic mass is 32.2. The molecule has 1 aliphatic rings. The van der Waals surface area contributed by atoms with Crippen LogP contribution in [0.5, 0.6) is 0 Å². The molecule has 0 aromatic heterocycles. The topological polar surface area (TPSA) is 145 Å². The molecular formula is C20H33N5O5S. The van der Waals surface area contributed by atoms with Crippen LogP contribution in [0.15, 0.2) is 30.3 Å². The number of nitrogens with zero attached hydrogens (tertiary/aromatic N) is 2. The molecule has 174 valence electrons. The van der Waals surface area contributed by atoms with Gasteiger partial charge in [0.25, 0.3) is 10.2 Å². The van der Waals surface area contributed by atoms with Crippen LogP contribution >= 0.6 is 0 Å². The van der Waals surface area contributed by atoms with Crippen molar-refractivity contribution in [3.8, 4) is 0 Å². The van der Waals surface area contributed by atoms with Crippen LogP contribution < -0.4 is 15.8 Å². The number of primary amides is 1. The van der Waals surface area contributed by atoms with E-state index in [1.165, 1.54) is 11.4 Å². The van der Waals surface area contributed by atoms with Crippen LogP contribution in [0.25, 0.3) is 0 Å². The first-order valence-electron chi connectivity index (χ1n) is 10.4. The van der Waals surface area contributed by atoms with Gasteiger partial charge < -0.3 is 20.9 Å². The van der Waals surface area contributed by atoms with Crippen molar-refractivity contribution in [1.82, 2.24) is 14.3 Å². The average Bonchev–Trinajstić information content (AvgIpc) is 2.66. The summed E-state index contributed by atoms with van der Waals surface area (Å²) in [5.41, 5.74) is 6.18. The summed E-state index contributed by atoms with van der Waals surface area (Å²) in [6.07, 6.45) is 0.445. The maximum atomic E-state index is 13.0. The minimum atomic E-state index is -4.02. The first-order valence-corrected chi connectivity index (χ1v) is 11.8. The minimum absolute atomic E-state index is 0.0618. The summed E-state index contributed by atoms with van der Waals surface area (Å²) in [5, 5.41) is 14.6. The molecule has 0 spiro atoms. The lowest BCUT2D eigenvalue weighted by Gasteiger charge is -2.44. The van der Waals surface area contributed by atoms with E-state index >= 15 is 0 Å². The predicted octanol–water partition coefficient (Wildman–Crippen LogP) is -0.292. The van der Waals surface area contributed by atoms with Gasteiger partial charge in [0.1, 0.15) is 12.1 Å². The Morgan fingerprint density at radius 2 is 1.74 bits per heavy atom. The van der Waals surface area contributed by atoms with E-state index in [9.17, 15) is 23.2 Å². The lowest BCUT2D eigenvalue weighted by Crippen LogP contribution is -2.60. The minimum Gasteiger partial charge on any atom is -0.633 e. The van der Waals surface area contributed by atoms with E-state index in [-0.39, 0.29) is 38.5 Å². The third kappa shape index (κ3) is 7.86. The van der Waals surface area contributed by atoms with Crippen molar-refractivity contribution in [1.29, 1.82) is 0 Å². The Balaban J connectivity index is 2.19. The quantitative estimate of drug-likeness (QED) is 0.328. The van der Waals surface area contributed by atoms with Gasteiger partial charge in [0.15, 0.2) is 0 Å². The lowest BCUT2D eigenvalue weighted by atomic mass is 10.0. The number of carbonyl (C=O) groups is 2. The highest BCUT2D eigenvalue weighted by Gasteiger charge is 2.34. The Labute approximate surface area is 184 Å². The molecule has 0 saturated carbocycles. The highest BCUT2D eigenvalue weighted by molar-refractivity contribution is 7.87. The van der Waals surface area contributed by atoms with Gasteiger partial charge in [-0.15, -0.1) is 0 Å². The van der Waals surface area contributed by atoms with Crippen LogP contribution in [0.1, 0.15) is 25.8 Å². The van der Waals surface area contributed by atoms with Crippen LogP contribution in [-0.4, -0.2) is 74.5 Å². The molecule has 1 saturated heterocycles. The third-order valence-electron chi connectivity index (χ3n) is 5.24. The number of hydrogen-bond acceptors (Lipinski definition) is 5. The molecule has 2 atom stereocenters. The van der Waals surface area contributed by atoms with Gasteiger partial charge in [0.05, 0.1) is 33.2 Å². The second-order valence-electron chi connectivity index (χ2n) is 8.60. The monoisotopic (exact) mass is 455 g/mol. The van der Waals surface area contributed by atoms with Crippen LogP contribution in [-0.2, 0) is 26.2 Å². The first kappa shape index (κ1) is 25.2. The number of likely N-dealkylation sites (N-methyl/N-ethyl adjacent to an activating group) is 1. The summed E-state index contributed by atoms with van der Waals surface area (Å²) in [7, 11) is -2.52. The van der Waals surface area contributed by atoms with Gasteiger partial charge in [-0.2, -0.15) is 17.4 Å². The molecule has 1 aromatic rings. The second-order valence-corrected chi connectivity index (χ2v) is 10.3. The number of hydroxylamine groups is 3. The summed E-state index contributed by atoms with van der Waals surface area (Å²) >= 11 is 0. The van der Waals surface area contributed by atoms with Gasteiger partial charge in [0.2, 0.25) is 11.8 Å². The van der Waals surface area contributed by atoms with Crippen LogP contribution in [0.3, 0.4) is 0 Å². The molecule has 31 heavy (non-hydrogen) atoms. The molecule has 0 aliphatic carbocycles. The van der Waals surface area contributed by atoms with Gasteiger partial charge in [-0.3, -0.25) is 9.59 Å². The normalized spacial score (nSPS) is 19.0. The number of hydrogen-bond donors (Lipinski definition) is 3. The van der Waals surface area contributed by atoms with Crippen molar-refractivity contribution in [2.75, 3.05) is 33.2 Å². The molecule has 1 fully saturated rings. The van der Waals surface area contributed by atoms with Crippen molar-refractivity contribution >= 4 is 22.0 Å². The zero-order valence-corrected chi connectivity index (χ0v) is 19.1. The van der Waals surface area contributed by atoms with E-state index in [1.807, 2.05) is 19.9 Å². The number of quaternary nitrogens is 1. The summed E-state index contributed by atoms with van der Waals surface area (Å²) < 4.78 is 29.0. The fourth-order valence-electron chi connectivity index (χ4n) is 3.39. The summed E-state index contributed by atoms with van der Waals surface area (Å²) in [4.78, 5) is 24.8. The number of carbonyl (C=O) groups excluding carboxylic acids is 2. The van der Waals surface area contributed by atoms with Gasteiger partial charge in [-0.1, -0.05) is 44.2 Å². The molecule has 11 heteroatoms. The van der Waals surface area contributed by atoms with Crippen molar-refractivity contribution in [3.05, 3.63) is 41.1 Å². The number of amides is 2. The Hall–Kier alpha value is -2.05. The van der Waals surface area contributed by atoms with Gasteiger partial charge in [0, 0.05) is 0 Å². The molecule has 2 amide bonds. The van der Waals surface area contributed by atoms with E-state index < -0.39 is 38.8 Å². The smallest absolute Gasteiger partial charge is 0.280 e. The van der Waals surface area contributed by atoms with E-state index in [0.717, 1.165) is 5.56 Å². The van der Waals surface area contributed by atoms with Crippen LogP contribution in [0.2, 0.25) is 0 Å². The molecule has 0 unspecified atom stereocenters. The summed E-state index contributed by atoms with van der Waals surface area (Å²) in [6.45, 7) is 4.18. The predicted molar refractivity (Wildman–Crippen MR) is 117 cm³/mol. The van der Waals surface area contributed by atoms with Crippen LogP contribution in [0.4, 0.5) is 0 Å². The van der Waals surface area contributed by atoms with Gasteiger partial charge >= 0.3 is 0 Å². The van der Waals surface area contributed by atoms with E-state index in [2.05, 4.69) is 10.0 Å². The van der Waals surface area contributed by atoms with Crippen molar-refractivity contribution < 1.29 is 22.7 Å². The van der Waals surface area contributed by atoms with E-state index in [0.29, 0.717) is 6.42 Å². The lowest BCUT2D eigenvalue weighted by molar-refractivity contribution is -0.864. The van der Waals surface area contributed by atoms with Crippen molar-refractivity contribution in [2.24, 2.45) is 11.7 Å². The highest BCUT2D eigenvalue weighted by Crippen LogP contribution is 2.13. The molecule has 1 aromatic carbocycles. The summed E-state index contributed by atoms with van der Waals surface area (Å²) in [5.74, 6) is -1.19. The molecule has 2 rings (SSSR count). The maximum absolute atomic E-state index is 13.0. The number of nitrogens with two attached hydrogens (primary N) is 1. The fourth-order valence-corrected chi connectivity index (χ4v) is 4.74.